The van der Waals surface area contributed by atoms with Crippen molar-refractivity contribution in [2.75, 3.05) is 37.4 Å². The van der Waals surface area contributed by atoms with Crippen LogP contribution in [0.4, 0.5) is 11.5 Å². The van der Waals surface area contributed by atoms with E-state index in [1.165, 1.54) is 0 Å². The van der Waals surface area contributed by atoms with Crippen LogP contribution in [0.15, 0.2) is 30.5 Å². The molecule has 130 valence electrons. The van der Waals surface area contributed by atoms with E-state index in [2.05, 4.69) is 16.8 Å². The Morgan fingerprint density at radius 3 is 2.67 bits per heavy atom. The normalized spacial score (nSPS) is 10.7. The first-order valence-corrected chi connectivity index (χ1v) is 8.13. The van der Waals surface area contributed by atoms with Crippen LogP contribution in [-0.2, 0) is 4.74 Å². The van der Waals surface area contributed by atoms with E-state index in [-0.39, 0.29) is 1.43 Å². The van der Waals surface area contributed by atoms with E-state index in [0.717, 1.165) is 41.2 Å². The Balaban J connectivity index is 0.00000312. The van der Waals surface area contributed by atoms with E-state index in [9.17, 15) is 0 Å². The fraction of sp³-hybridized carbons (Fsp3) is 0.368. The third-order valence-corrected chi connectivity index (χ3v) is 4.24. The minimum absolute atomic E-state index is 0. The van der Waals surface area contributed by atoms with Crippen molar-refractivity contribution in [2.24, 2.45) is 0 Å². The number of hydrogen-bond acceptors (Lipinski definition) is 5. The number of nitrogen functional groups attached to an aromatic ring is 1. The Morgan fingerprint density at radius 2 is 2.00 bits per heavy atom. The Labute approximate surface area is 145 Å². The lowest BCUT2D eigenvalue weighted by atomic mass is 9.97. The number of nitrogens with one attached hydrogen (secondary N) is 1. The highest BCUT2D eigenvalue weighted by molar-refractivity contribution is 6.14. The number of benzene rings is 1. The number of nitrogens with two attached hydrogens (primary N) is 1. The van der Waals surface area contributed by atoms with Crippen molar-refractivity contribution in [1.82, 2.24) is 4.98 Å². The number of nitrogens with zero attached hydrogens (tertiary/aromatic N) is 2. The van der Waals surface area contributed by atoms with Gasteiger partial charge in [-0.2, -0.15) is 0 Å². The lowest BCUT2D eigenvalue weighted by Gasteiger charge is -2.22. The van der Waals surface area contributed by atoms with Gasteiger partial charge < -0.3 is 15.4 Å². The number of rotatable bonds is 7. The molecule has 0 bridgehead atoms. The van der Waals surface area contributed by atoms with Gasteiger partial charge >= 0.3 is 0 Å². The van der Waals surface area contributed by atoms with Crippen LogP contribution in [0.5, 0.6) is 0 Å². The Hall–Kier alpha value is -2.40. The molecule has 0 aliphatic carbocycles. The maximum Gasteiger partial charge on any atom is 0.129 e. The maximum atomic E-state index is 8.56. The topological polar surface area (TPSA) is 75.2 Å². The summed E-state index contributed by atoms with van der Waals surface area (Å²) in [5.41, 5.74) is 11.0. The molecule has 0 amide bonds. The third-order valence-electron chi connectivity index (χ3n) is 4.24. The molecule has 5 nitrogen and oxygen atoms in total. The SMILES string of the molecule is CCN(CCOC)c1cc(C(=N)c2cc(C)c(C)cc2N)ccn1.[HH]. The quantitative estimate of drug-likeness (QED) is 0.603. The lowest BCUT2D eigenvalue weighted by Crippen LogP contribution is -2.27. The molecule has 0 aliphatic rings. The van der Waals surface area contributed by atoms with Crippen LogP contribution in [0.3, 0.4) is 0 Å². The number of ether oxygens (including phenoxy) is 1. The second-order valence-corrected chi connectivity index (χ2v) is 5.87. The summed E-state index contributed by atoms with van der Waals surface area (Å²) in [6, 6.07) is 7.70. The highest BCUT2D eigenvalue weighted by Gasteiger charge is 2.13. The smallest absolute Gasteiger partial charge is 0.129 e. The van der Waals surface area contributed by atoms with E-state index >= 15 is 0 Å². The van der Waals surface area contributed by atoms with E-state index in [1.54, 1.807) is 13.3 Å². The molecule has 0 atom stereocenters. The second-order valence-electron chi connectivity index (χ2n) is 5.87. The molecule has 0 unspecified atom stereocenters. The van der Waals surface area contributed by atoms with Gasteiger partial charge in [0.2, 0.25) is 0 Å². The summed E-state index contributed by atoms with van der Waals surface area (Å²) >= 11 is 0. The van der Waals surface area contributed by atoms with Crippen molar-refractivity contribution in [3.8, 4) is 0 Å². The molecule has 2 rings (SSSR count). The molecule has 0 aliphatic heterocycles. The van der Waals surface area contributed by atoms with Crippen LogP contribution < -0.4 is 10.6 Å². The molecule has 1 heterocycles. The van der Waals surface area contributed by atoms with Crippen molar-refractivity contribution in [3.05, 3.63) is 52.7 Å². The highest BCUT2D eigenvalue weighted by atomic mass is 16.5. The van der Waals surface area contributed by atoms with Gasteiger partial charge in [-0.15, -0.1) is 0 Å². The molecule has 0 spiro atoms. The number of likely N-dealkylation sites (N-methyl/N-ethyl adjacent to an activating group) is 1. The molecule has 0 radical (unpaired) electrons. The van der Waals surface area contributed by atoms with Crippen LogP contribution in [0.1, 0.15) is 30.6 Å². The molecule has 5 heteroatoms. The predicted octanol–water partition coefficient (Wildman–Crippen LogP) is 3.42. The van der Waals surface area contributed by atoms with Gasteiger partial charge in [0, 0.05) is 44.6 Å². The summed E-state index contributed by atoms with van der Waals surface area (Å²) in [5, 5.41) is 8.56. The first-order valence-electron chi connectivity index (χ1n) is 8.13. The minimum atomic E-state index is 0. The van der Waals surface area contributed by atoms with Crippen molar-refractivity contribution in [3.63, 3.8) is 0 Å². The minimum Gasteiger partial charge on any atom is -0.398 e. The van der Waals surface area contributed by atoms with E-state index in [1.807, 2.05) is 38.1 Å². The predicted molar refractivity (Wildman–Crippen MR) is 102 cm³/mol. The molecular formula is C19H28N4O. The van der Waals surface area contributed by atoms with Gasteiger partial charge in [-0.05, 0) is 56.2 Å². The Bertz CT molecular complexity index is 733. The standard InChI is InChI=1S/C19H26N4O.H2/c1-5-23(8-9-24-4)18-12-15(6-7-22-18)19(21)16-10-13(2)14(3)11-17(16)20;/h6-7,10-12,21H,5,8-9,20H2,1-4H3;1H. The molecule has 3 N–H and O–H groups in total. The summed E-state index contributed by atoms with van der Waals surface area (Å²) < 4.78 is 5.15. The molecule has 2 aromatic rings. The van der Waals surface area contributed by atoms with Crippen molar-refractivity contribution < 1.29 is 6.16 Å². The zero-order chi connectivity index (χ0) is 17.7. The maximum absolute atomic E-state index is 8.56. The van der Waals surface area contributed by atoms with E-state index in [4.69, 9.17) is 15.9 Å². The van der Waals surface area contributed by atoms with Gasteiger partial charge in [0.25, 0.3) is 0 Å². The summed E-state index contributed by atoms with van der Waals surface area (Å²) in [6.07, 6.45) is 1.74. The van der Waals surface area contributed by atoms with Gasteiger partial charge in [0.15, 0.2) is 0 Å². The van der Waals surface area contributed by atoms with Crippen molar-refractivity contribution >= 4 is 17.2 Å². The van der Waals surface area contributed by atoms with E-state index in [0.29, 0.717) is 18.0 Å². The van der Waals surface area contributed by atoms with Crippen molar-refractivity contribution in [1.29, 1.82) is 5.41 Å². The third kappa shape index (κ3) is 3.92. The average molecular weight is 328 g/mol. The summed E-state index contributed by atoms with van der Waals surface area (Å²) in [7, 11) is 1.69. The largest absolute Gasteiger partial charge is 0.398 e. The summed E-state index contributed by atoms with van der Waals surface area (Å²) in [6.45, 7) is 8.38. The van der Waals surface area contributed by atoms with Crippen LogP contribution in [-0.4, -0.2) is 37.5 Å². The summed E-state index contributed by atoms with van der Waals surface area (Å²) in [4.78, 5) is 6.57. The van der Waals surface area contributed by atoms with Crippen LogP contribution in [0, 0.1) is 19.3 Å². The monoisotopic (exact) mass is 328 g/mol. The van der Waals surface area contributed by atoms with Gasteiger partial charge in [-0.3, -0.25) is 5.41 Å². The van der Waals surface area contributed by atoms with Gasteiger partial charge in [0.1, 0.15) is 5.82 Å². The van der Waals surface area contributed by atoms with Crippen LogP contribution >= 0.6 is 0 Å². The molecule has 0 saturated heterocycles. The Morgan fingerprint density at radius 1 is 1.29 bits per heavy atom. The van der Waals surface area contributed by atoms with Gasteiger partial charge in [0.05, 0.1) is 12.3 Å². The average Bonchev–Trinajstić information content (AvgIpc) is 2.58. The fourth-order valence-electron chi connectivity index (χ4n) is 2.59. The van der Waals surface area contributed by atoms with Crippen LogP contribution in [0.25, 0.3) is 0 Å². The number of aromatic nitrogens is 1. The number of pyridine rings is 1. The summed E-state index contributed by atoms with van der Waals surface area (Å²) in [5.74, 6) is 0.846. The highest BCUT2D eigenvalue weighted by Crippen LogP contribution is 2.22. The molecule has 1 aromatic carbocycles. The van der Waals surface area contributed by atoms with E-state index < -0.39 is 0 Å². The lowest BCUT2D eigenvalue weighted by molar-refractivity contribution is 0.205. The Kier molecular flexibility index (Phi) is 5.93. The first kappa shape index (κ1) is 17.9. The zero-order valence-corrected chi connectivity index (χ0v) is 14.9. The fourth-order valence-corrected chi connectivity index (χ4v) is 2.59. The molecule has 24 heavy (non-hydrogen) atoms. The molecule has 0 fully saturated rings. The van der Waals surface area contributed by atoms with Gasteiger partial charge in [-0.1, -0.05) is 0 Å². The zero-order valence-electron chi connectivity index (χ0n) is 14.9. The number of anilines is 2. The molecule has 1 aromatic heterocycles. The number of aryl methyl sites for hydroxylation is 2. The number of hydrogen-bond donors (Lipinski definition) is 2. The first-order chi connectivity index (χ1) is 11.5. The molecular weight excluding hydrogens is 300 g/mol. The molecule has 0 saturated carbocycles. The second kappa shape index (κ2) is 7.93. The van der Waals surface area contributed by atoms with Gasteiger partial charge in [-0.25, -0.2) is 4.98 Å². The van der Waals surface area contributed by atoms with Crippen molar-refractivity contribution in [2.45, 2.75) is 20.8 Å². The van der Waals surface area contributed by atoms with Crippen LogP contribution in [0.2, 0.25) is 0 Å². The number of methoxy groups -OCH3 is 1.